The Hall–Kier alpha value is -3.39. The van der Waals surface area contributed by atoms with Gasteiger partial charge in [-0.1, -0.05) is 29.8 Å². The number of nitrogens with one attached hydrogen (secondary N) is 1. The van der Waals surface area contributed by atoms with E-state index in [4.69, 9.17) is 11.6 Å². The van der Waals surface area contributed by atoms with Crippen LogP contribution >= 0.6 is 11.6 Å². The predicted octanol–water partition coefficient (Wildman–Crippen LogP) is 3.62. The van der Waals surface area contributed by atoms with Crippen LogP contribution in [-0.2, 0) is 4.79 Å². The summed E-state index contributed by atoms with van der Waals surface area (Å²) in [4.78, 5) is 23.9. The molecule has 0 radical (unpaired) electrons. The summed E-state index contributed by atoms with van der Waals surface area (Å²) in [5.74, 6) is -2.67. The summed E-state index contributed by atoms with van der Waals surface area (Å²) in [6.45, 7) is 1.51. The van der Waals surface area contributed by atoms with Gasteiger partial charge in [-0.3, -0.25) is 9.59 Å². The van der Waals surface area contributed by atoms with Crippen molar-refractivity contribution in [2.24, 2.45) is 0 Å². The number of carbonyl (C=O) groups is 2. The van der Waals surface area contributed by atoms with Crippen molar-refractivity contribution in [3.63, 3.8) is 0 Å². The zero-order valence-corrected chi connectivity index (χ0v) is 16.0. The van der Waals surface area contributed by atoms with Crippen LogP contribution in [0.5, 0.6) is 5.88 Å². The van der Waals surface area contributed by atoms with Gasteiger partial charge in [0.05, 0.1) is 18.2 Å². The number of aromatic nitrogens is 2. The molecule has 29 heavy (non-hydrogen) atoms. The maximum Gasteiger partial charge on any atom is 0.305 e. The van der Waals surface area contributed by atoms with Gasteiger partial charge in [0.2, 0.25) is 5.88 Å². The van der Waals surface area contributed by atoms with Crippen molar-refractivity contribution in [3.05, 3.63) is 76.2 Å². The molecule has 2 aromatic carbocycles. The third kappa shape index (κ3) is 4.55. The molecule has 150 valence electrons. The second-order valence-corrected chi connectivity index (χ2v) is 6.79. The van der Waals surface area contributed by atoms with Gasteiger partial charge in [-0.15, -0.1) is 0 Å². The van der Waals surface area contributed by atoms with E-state index in [1.54, 1.807) is 30.3 Å². The van der Waals surface area contributed by atoms with Gasteiger partial charge in [-0.25, -0.2) is 9.07 Å². The standard InChI is InChI=1S/C20H17ClFN3O4/c1-11-14(6-3-7-15(11)22)16(10-19(27)28)23-20(29)17-9-18(26)25(24-17)13-5-2-4-12(21)8-13/h2-9,16,26H,10H2,1H3,(H,23,29)(H,27,28). The highest BCUT2D eigenvalue weighted by Crippen LogP contribution is 2.25. The molecule has 0 spiro atoms. The highest BCUT2D eigenvalue weighted by atomic mass is 35.5. The summed E-state index contributed by atoms with van der Waals surface area (Å²) >= 11 is 5.94. The van der Waals surface area contributed by atoms with E-state index in [1.807, 2.05) is 0 Å². The first kappa shape index (κ1) is 20.3. The van der Waals surface area contributed by atoms with E-state index in [1.165, 1.54) is 19.1 Å². The number of benzene rings is 2. The number of aliphatic carboxylic acids is 1. The Bertz CT molecular complexity index is 1080. The lowest BCUT2D eigenvalue weighted by atomic mass is 9.98. The lowest BCUT2D eigenvalue weighted by Crippen LogP contribution is -2.31. The van der Waals surface area contributed by atoms with Gasteiger partial charge in [-0.05, 0) is 42.3 Å². The molecule has 1 aromatic heterocycles. The van der Waals surface area contributed by atoms with E-state index >= 15 is 0 Å². The van der Waals surface area contributed by atoms with Crippen molar-refractivity contribution < 1.29 is 24.2 Å². The average molecular weight is 418 g/mol. The van der Waals surface area contributed by atoms with Crippen LogP contribution in [0.2, 0.25) is 5.02 Å². The van der Waals surface area contributed by atoms with Crippen molar-refractivity contribution in [2.45, 2.75) is 19.4 Å². The Labute approximate surface area is 170 Å². The molecule has 0 aliphatic rings. The minimum atomic E-state index is -1.16. The smallest absolute Gasteiger partial charge is 0.305 e. The molecule has 0 bridgehead atoms. The molecule has 3 rings (SSSR count). The largest absolute Gasteiger partial charge is 0.493 e. The monoisotopic (exact) mass is 417 g/mol. The predicted molar refractivity (Wildman–Crippen MR) is 104 cm³/mol. The maximum absolute atomic E-state index is 13.9. The summed E-state index contributed by atoms with van der Waals surface area (Å²) < 4.78 is 15.0. The Kier molecular flexibility index (Phi) is 5.84. The summed E-state index contributed by atoms with van der Waals surface area (Å²) in [6, 6.07) is 10.9. The lowest BCUT2D eigenvalue weighted by molar-refractivity contribution is -0.137. The van der Waals surface area contributed by atoms with Crippen LogP contribution in [0.25, 0.3) is 5.69 Å². The van der Waals surface area contributed by atoms with E-state index in [9.17, 15) is 24.2 Å². The molecular formula is C20H17ClFN3O4. The van der Waals surface area contributed by atoms with Gasteiger partial charge < -0.3 is 15.5 Å². The fraction of sp³-hybridized carbons (Fsp3) is 0.150. The van der Waals surface area contributed by atoms with E-state index in [2.05, 4.69) is 10.4 Å². The minimum absolute atomic E-state index is 0.132. The topological polar surface area (TPSA) is 104 Å². The molecule has 9 heteroatoms. The minimum Gasteiger partial charge on any atom is -0.493 e. The van der Waals surface area contributed by atoms with Crippen LogP contribution in [0.3, 0.4) is 0 Å². The molecule has 0 aliphatic heterocycles. The molecule has 1 atom stereocenters. The molecular weight excluding hydrogens is 401 g/mol. The summed E-state index contributed by atoms with van der Waals surface area (Å²) in [7, 11) is 0. The Morgan fingerprint density at radius 2 is 1.97 bits per heavy atom. The van der Waals surface area contributed by atoms with E-state index in [0.29, 0.717) is 16.3 Å². The van der Waals surface area contributed by atoms with Gasteiger partial charge in [-0.2, -0.15) is 5.10 Å². The van der Waals surface area contributed by atoms with Crippen LogP contribution < -0.4 is 5.32 Å². The first-order valence-electron chi connectivity index (χ1n) is 8.59. The number of hydrogen-bond donors (Lipinski definition) is 3. The average Bonchev–Trinajstić information content (AvgIpc) is 3.05. The van der Waals surface area contributed by atoms with E-state index in [0.717, 1.165) is 10.7 Å². The van der Waals surface area contributed by atoms with E-state index in [-0.39, 0.29) is 17.1 Å². The third-order valence-electron chi connectivity index (χ3n) is 4.35. The molecule has 1 amide bonds. The number of amides is 1. The van der Waals surface area contributed by atoms with Crippen molar-refractivity contribution in [2.75, 3.05) is 0 Å². The molecule has 1 unspecified atom stereocenters. The quantitative estimate of drug-likeness (QED) is 0.568. The number of aromatic hydroxyl groups is 1. The van der Waals surface area contributed by atoms with Gasteiger partial charge in [0, 0.05) is 11.1 Å². The van der Waals surface area contributed by atoms with Crippen LogP contribution in [0.1, 0.15) is 34.1 Å². The number of hydrogen-bond acceptors (Lipinski definition) is 4. The number of carboxylic acids is 1. The van der Waals surface area contributed by atoms with Crippen LogP contribution in [0.4, 0.5) is 4.39 Å². The van der Waals surface area contributed by atoms with Gasteiger partial charge >= 0.3 is 5.97 Å². The van der Waals surface area contributed by atoms with Crippen molar-refractivity contribution in [3.8, 4) is 11.6 Å². The third-order valence-corrected chi connectivity index (χ3v) is 4.58. The van der Waals surface area contributed by atoms with Gasteiger partial charge in [0.25, 0.3) is 5.91 Å². The molecule has 0 saturated heterocycles. The molecule has 0 aliphatic carbocycles. The molecule has 0 saturated carbocycles. The number of rotatable bonds is 6. The fourth-order valence-corrected chi connectivity index (χ4v) is 3.11. The summed E-state index contributed by atoms with van der Waals surface area (Å²) in [5.41, 5.74) is 0.898. The normalized spacial score (nSPS) is 11.8. The fourth-order valence-electron chi connectivity index (χ4n) is 2.93. The van der Waals surface area contributed by atoms with Crippen LogP contribution in [0.15, 0.2) is 48.5 Å². The number of carboxylic acid groups (broad SMARTS) is 1. The van der Waals surface area contributed by atoms with Crippen molar-refractivity contribution in [1.29, 1.82) is 0 Å². The number of halogens is 2. The van der Waals surface area contributed by atoms with Crippen LogP contribution in [-0.4, -0.2) is 31.9 Å². The molecule has 3 N–H and O–H groups in total. The van der Waals surface area contributed by atoms with Crippen molar-refractivity contribution in [1.82, 2.24) is 15.1 Å². The maximum atomic E-state index is 13.9. The first-order valence-corrected chi connectivity index (χ1v) is 8.96. The van der Waals surface area contributed by atoms with Crippen LogP contribution in [0, 0.1) is 12.7 Å². The Morgan fingerprint density at radius 1 is 1.24 bits per heavy atom. The zero-order chi connectivity index (χ0) is 21.1. The Balaban J connectivity index is 1.90. The molecule has 1 heterocycles. The number of nitrogens with zero attached hydrogens (tertiary/aromatic N) is 2. The number of carbonyl (C=O) groups excluding carboxylic acids is 1. The van der Waals surface area contributed by atoms with Gasteiger partial charge in [0.1, 0.15) is 5.82 Å². The second kappa shape index (κ2) is 8.32. The Morgan fingerprint density at radius 3 is 2.66 bits per heavy atom. The highest BCUT2D eigenvalue weighted by molar-refractivity contribution is 6.30. The first-order chi connectivity index (χ1) is 13.8. The highest BCUT2D eigenvalue weighted by Gasteiger charge is 2.24. The summed E-state index contributed by atoms with van der Waals surface area (Å²) in [6.07, 6.45) is -0.447. The van der Waals surface area contributed by atoms with Crippen molar-refractivity contribution >= 4 is 23.5 Å². The molecule has 0 fully saturated rings. The van der Waals surface area contributed by atoms with E-state index < -0.39 is 30.2 Å². The van der Waals surface area contributed by atoms with Gasteiger partial charge in [0.15, 0.2) is 5.69 Å². The summed E-state index contributed by atoms with van der Waals surface area (Å²) in [5, 5.41) is 26.4. The zero-order valence-electron chi connectivity index (χ0n) is 15.3. The molecule has 7 nitrogen and oxygen atoms in total. The molecule has 3 aromatic rings. The second-order valence-electron chi connectivity index (χ2n) is 6.36. The lowest BCUT2D eigenvalue weighted by Gasteiger charge is -2.19. The SMILES string of the molecule is Cc1c(F)cccc1C(CC(=O)O)NC(=O)c1cc(O)n(-c2cccc(Cl)c2)n1.